The first-order chi connectivity index (χ1) is 13.7. The third-order valence-corrected chi connectivity index (χ3v) is 5.05. The molecular formula is C21H20ClN3O2S. The monoisotopic (exact) mass is 413 g/mol. The van der Waals surface area contributed by atoms with Crippen LogP contribution in [0, 0.1) is 0 Å². The van der Waals surface area contributed by atoms with Gasteiger partial charge in [0.25, 0.3) is 5.91 Å². The molecule has 0 spiro atoms. The smallest absolute Gasteiger partial charge is 0.254 e. The van der Waals surface area contributed by atoms with Crippen LogP contribution in [0.5, 0.6) is 5.75 Å². The largest absolute Gasteiger partial charge is 0.494 e. The van der Waals surface area contributed by atoms with E-state index in [1.807, 2.05) is 61.5 Å². The van der Waals surface area contributed by atoms with E-state index in [1.54, 1.807) is 6.07 Å². The van der Waals surface area contributed by atoms with E-state index in [9.17, 15) is 4.79 Å². The summed E-state index contributed by atoms with van der Waals surface area (Å²) >= 11 is 7.34. The van der Waals surface area contributed by atoms with E-state index in [1.165, 1.54) is 11.8 Å². The summed E-state index contributed by atoms with van der Waals surface area (Å²) < 4.78 is 5.44. The van der Waals surface area contributed by atoms with Crippen LogP contribution >= 0.6 is 23.4 Å². The number of rotatable bonds is 8. The number of nitrogens with zero attached hydrogens (tertiary/aromatic N) is 2. The predicted molar refractivity (Wildman–Crippen MR) is 111 cm³/mol. The Hall–Kier alpha value is -2.57. The normalized spacial score (nSPS) is 10.5. The number of carbonyl (C=O) groups is 1. The third kappa shape index (κ3) is 5.71. The molecule has 1 aromatic heterocycles. The van der Waals surface area contributed by atoms with E-state index < -0.39 is 0 Å². The molecule has 5 nitrogen and oxygen atoms in total. The number of hydrogen-bond acceptors (Lipinski definition) is 5. The van der Waals surface area contributed by atoms with E-state index in [-0.39, 0.29) is 11.1 Å². The number of amides is 1. The molecule has 0 saturated carbocycles. The standard InChI is InChI=1S/C21H20ClN3O2S/c1-2-27-16-10-8-15(9-11-16)12-13-23-20(26)18-14-19(22)24-25-21(18)28-17-6-4-3-5-7-17/h3-11,14H,2,12-13H2,1H3,(H,23,26). The van der Waals surface area contributed by atoms with Gasteiger partial charge in [0.15, 0.2) is 5.15 Å². The van der Waals surface area contributed by atoms with E-state index >= 15 is 0 Å². The van der Waals surface area contributed by atoms with Crippen LogP contribution in [0.1, 0.15) is 22.8 Å². The van der Waals surface area contributed by atoms with Gasteiger partial charge in [-0.2, -0.15) is 0 Å². The lowest BCUT2D eigenvalue weighted by Crippen LogP contribution is -2.26. The highest BCUT2D eigenvalue weighted by Crippen LogP contribution is 2.29. The predicted octanol–water partition coefficient (Wildman–Crippen LogP) is 4.65. The maximum absolute atomic E-state index is 12.7. The second-order valence-electron chi connectivity index (χ2n) is 5.88. The Morgan fingerprint density at radius 3 is 2.57 bits per heavy atom. The first-order valence-corrected chi connectivity index (χ1v) is 10.1. The summed E-state index contributed by atoms with van der Waals surface area (Å²) in [7, 11) is 0. The average Bonchev–Trinajstić information content (AvgIpc) is 2.71. The first-order valence-electron chi connectivity index (χ1n) is 8.91. The molecule has 3 rings (SSSR count). The van der Waals surface area contributed by atoms with Gasteiger partial charge in [-0.05, 0) is 49.2 Å². The SMILES string of the molecule is CCOc1ccc(CCNC(=O)c2cc(Cl)nnc2Sc2ccccc2)cc1. The zero-order chi connectivity index (χ0) is 19.8. The minimum Gasteiger partial charge on any atom is -0.494 e. The van der Waals surface area contributed by atoms with Crippen molar-refractivity contribution < 1.29 is 9.53 Å². The van der Waals surface area contributed by atoms with Crippen LogP contribution in [-0.2, 0) is 6.42 Å². The molecule has 0 saturated heterocycles. The first kappa shape index (κ1) is 20.2. The van der Waals surface area contributed by atoms with Crippen LogP contribution < -0.4 is 10.1 Å². The molecule has 2 aromatic carbocycles. The lowest BCUT2D eigenvalue weighted by Gasteiger charge is -2.09. The second kappa shape index (κ2) is 10.1. The van der Waals surface area contributed by atoms with Crippen LogP contribution in [0.3, 0.4) is 0 Å². The van der Waals surface area contributed by atoms with Crippen molar-refractivity contribution in [3.63, 3.8) is 0 Å². The van der Waals surface area contributed by atoms with Gasteiger partial charge in [-0.25, -0.2) is 0 Å². The number of aromatic nitrogens is 2. The zero-order valence-electron chi connectivity index (χ0n) is 15.4. The third-order valence-electron chi connectivity index (χ3n) is 3.87. The lowest BCUT2D eigenvalue weighted by molar-refractivity contribution is 0.0950. The molecule has 0 fully saturated rings. The molecule has 0 bridgehead atoms. The summed E-state index contributed by atoms with van der Waals surface area (Å²) in [4.78, 5) is 13.6. The number of benzene rings is 2. The summed E-state index contributed by atoms with van der Waals surface area (Å²) in [5, 5.41) is 11.6. The molecule has 3 aromatic rings. The fraction of sp³-hybridized carbons (Fsp3) is 0.190. The average molecular weight is 414 g/mol. The van der Waals surface area contributed by atoms with Crippen molar-refractivity contribution in [1.82, 2.24) is 15.5 Å². The number of nitrogens with one attached hydrogen (secondary N) is 1. The molecule has 0 atom stereocenters. The maximum atomic E-state index is 12.7. The molecule has 0 aliphatic heterocycles. The zero-order valence-corrected chi connectivity index (χ0v) is 17.0. The number of halogens is 1. The van der Waals surface area contributed by atoms with Gasteiger partial charge in [0.2, 0.25) is 0 Å². The molecule has 0 aliphatic carbocycles. The molecule has 0 aliphatic rings. The Kier molecular flexibility index (Phi) is 7.28. The van der Waals surface area contributed by atoms with Gasteiger partial charge in [0.05, 0.1) is 12.2 Å². The highest BCUT2D eigenvalue weighted by Gasteiger charge is 2.15. The summed E-state index contributed by atoms with van der Waals surface area (Å²) in [6.45, 7) is 3.09. The van der Waals surface area contributed by atoms with Gasteiger partial charge >= 0.3 is 0 Å². The van der Waals surface area contributed by atoms with Crippen molar-refractivity contribution >= 4 is 29.3 Å². The van der Waals surface area contributed by atoms with Crippen LogP contribution in [0.25, 0.3) is 0 Å². The number of ether oxygens (including phenoxy) is 1. The Labute approximate surface area is 173 Å². The molecule has 0 unspecified atom stereocenters. The van der Waals surface area contributed by atoms with Gasteiger partial charge < -0.3 is 10.1 Å². The Morgan fingerprint density at radius 2 is 1.86 bits per heavy atom. The Morgan fingerprint density at radius 1 is 1.11 bits per heavy atom. The quantitative estimate of drug-likeness (QED) is 0.582. The van der Waals surface area contributed by atoms with Gasteiger partial charge in [-0.3, -0.25) is 4.79 Å². The Bertz CT molecular complexity index is 921. The van der Waals surface area contributed by atoms with Gasteiger partial charge in [0.1, 0.15) is 10.8 Å². The van der Waals surface area contributed by atoms with Crippen molar-refractivity contribution in [3.05, 3.63) is 76.9 Å². The lowest BCUT2D eigenvalue weighted by atomic mass is 10.1. The van der Waals surface area contributed by atoms with Gasteiger partial charge in [0, 0.05) is 11.4 Å². The molecule has 7 heteroatoms. The number of carbonyl (C=O) groups excluding carboxylic acids is 1. The van der Waals surface area contributed by atoms with E-state index in [0.29, 0.717) is 30.2 Å². The summed E-state index contributed by atoms with van der Waals surface area (Å²) in [5.74, 6) is 0.622. The van der Waals surface area contributed by atoms with Crippen molar-refractivity contribution in [2.75, 3.05) is 13.2 Å². The van der Waals surface area contributed by atoms with E-state index in [2.05, 4.69) is 15.5 Å². The van der Waals surface area contributed by atoms with Gasteiger partial charge in [-0.15, -0.1) is 10.2 Å². The van der Waals surface area contributed by atoms with Gasteiger partial charge in [-0.1, -0.05) is 53.7 Å². The van der Waals surface area contributed by atoms with Crippen LogP contribution in [0.4, 0.5) is 0 Å². The molecule has 28 heavy (non-hydrogen) atoms. The van der Waals surface area contributed by atoms with Crippen molar-refractivity contribution in [1.29, 1.82) is 0 Å². The maximum Gasteiger partial charge on any atom is 0.254 e. The molecular weight excluding hydrogens is 394 g/mol. The summed E-state index contributed by atoms with van der Waals surface area (Å²) in [6.07, 6.45) is 0.714. The molecule has 1 amide bonds. The van der Waals surface area contributed by atoms with Crippen molar-refractivity contribution in [2.24, 2.45) is 0 Å². The molecule has 1 N–H and O–H groups in total. The van der Waals surface area contributed by atoms with Crippen LogP contribution in [0.2, 0.25) is 5.15 Å². The minimum atomic E-state index is -0.221. The topological polar surface area (TPSA) is 64.1 Å². The van der Waals surface area contributed by atoms with Crippen LogP contribution in [0.15, 0.2) is 70.6 Å². The second-order valence-corrected chi connectivity index (χ2v) is 7.33. The highest BCUT2D eigenvalue weighted by atomic mass is 35.5. The van der Waals surface area contributed by atoms with Crippen molar-refractivity contribution in [2.45, 2.75) is 23.3 Å². The number of hydrogen-bond donors (Lipinski definition) is 1. The summed E-state index contributed by atoms with van der Waals surface area (Å²) in [6, 6.07) is 19.1. The highest BCUT2D eigenvalue weighted by molar-refractivity contribution is 7.99. The van der Waals surface area contributed by atoms with E-state index in [0.717, 1.165) is 16.2 Å². The van der Waals surface area contributed by atoms with E-state index in [4.69, 9.17) is 16.3 Å². The fourth-order valence-electron chi connectivity index (χ4n) is 2.53. The molecule has 1 heterocycles. The van der Waals surface area contributed by atoms with Crippen LogP contribution in [-0.4, -0.2) is 29.3 Å². The van der Waals surface area contributed by atoms with Crippen molar-refractivity contribution in [3.8, 4) is 5.75 Å². The summed E-state index contributed by atoms with van der Waals surface area (Å²) in [5.41, 5.74) is 1.54. The fourth-order valence-corrected chi connectivity index (χ4v) is 3.54. The Balaban J connectivity index is 1.62. The molecule has 0 radical (unpaired) electrons. The molecule has 144 valence electrons. The minimum absolute atomic E-state index is 0.189.